The first-order valence-corrected chi connectivity index (χ1v) is 2.34. The maximum Gasteiger partial charge on any atom is 0.207 e. The van der Waals surface area contributed by atoms with E-state index in [2.05, 4.69) is 5.32 Å². The van der Waals surface area contributed by atoms with Crippen molar-refractivity contribution in [2.24, 2.45) is 5.73 Å². The van der Waals surface area contributed by atoms with Crippen LogP contribution in [-0.4, -0.2) is 30.7 Å². The zero-order valence-electron chi connectivity index (χ0n) is 4.50. The van der Waals surface area contributed by atoms with Crippen molar-refractivity contribution in [3.63, 3.8) is 0 Å². The van der Waals surface area contributed by atoms with E-state index in [-0.39, 0.29) is 12.6 Å². The molecule has 4 N–H and O–H groups in total. The maximum absolute atomic E-state index is 9.58. The Labute approximate surface area is 47.7 Å². The Balaban J connectivity index is 2.97. The molecule has 1 atom stereocenters. The van der Waals surface area contributed by atoms with Gasteiger partial charge in [0.05, 0.1) is 6.61 Å². The summed E-state index contributed by atoms with van der Waals surface area (Å²) in [7, 11) is 0. The van der Waals surface area contributed by atoms with Gasteiger partial charge in [-0.05, 0) is 0 Å². The van der Waals surface area contributed by atoms with Crippen LogP contribution in [0.15, 0.2) is 0 Å². The summed E-state index contributed by atoms with van der Waals surface area (Å²) in [5.41, 5.74) is 5.19. The van der Waals surface area contributed by atoms with Crippen LogP contribution in [0.4, 0.5) is 0 Å². The SMILES string of the molecule is NC(CO)CNC=O. The van der Waals surface area contributed by atoms with Gasteiger partial charge < -0.3 is 16.2 Å². The largest absolute Gasteiger partial charge is 0.395 e. The molecule has 4 heteroatoms. The lowest BCUT2D eigenvalue weighted by atomic mass is 10.3. The third kappa shape index (κ3) is 3.58. The molecule has 48 valence electrons. The topological polar surface area (TPSA) is 75.3 Å². The minimum Gasteiger partial charge on any atom is -0.395 e. The number of hydrogen-bond acceptors (Lipinski definition) is 3. The second-order valence-electron chi connectivity index (χ2n) is 1.47. The molecule has 0 aliphatic rings. The van der Waals surface area contributed by atoms with Crippen molar-refractivity contribution in [1.82, 2.24) is 5.32 Å². The number of aliphatic hydroxyl groups is 1. The molecule has 0 saturated heterocycles. The minimum absolute atomic E-state index is 0.0964. The highest BCUT2D eigenvalue weighted by Crippen LogP contribution is 1.67. The van der Waals surface area contributed by atoms with Crippen LogP contribution in [-0.2, 0) is 4.79 Å². The zero-order chi connectivity index (χ0) is 6.41. The number of carbonyl (C=O) groups is 1. The number of hydrogen-bond donors (Lipinski definition) is 3. The first kappa shape index (κ1) is 7.39. The van der Waals surface area contributed by atoms with E-state index in [0.29, 0.717) is 13.0 Å². The summed E-state index contributed by atoms with van der Waals surface area (Å²) in [5, 5.41) is 10.6. The molecular formula is C4H10N2O2. The third-order valence-electron chi connectivity index (χ3n) is 0.698. The third-order valence-corrected chi connectivity index (χ3v) is 0.698. The van der Waals surface area contributed by atoms with Crippen LogP contribution in [0, 0.1) is 0 Å². The van der Waals surface area contributed by atoms with Crippen molar-refractivity contribution in [2.75, 3.05) is 13.2 Å². The van der Waals surface area contributed by atoms with Crippen molar-refractivity contribution in [1.29, 1.82) is 0 Å². The van der Waals surface area contributed by atoms with Gasteiger partial charge in [-0.1, -0.05) is 0 Å². The molecule has 0 aromatic rings. The molecule has 4 nitrogen and oxygen atoms in total. The van der Waals surface area contributed by atoms with E-state index in [0.717, 1.165) is 0 Å². The lowest BCUT2D eigenvalue weighted by Gasteiger charge is -2.03. The van der Waals surface area contributed by atoms with Gasteiger partial charge in [0, 0.05) is 12.6 Å². The van der Waals surface area contributed by atoms with E-state index >= 15 is 0 Å². The van der Waals surface area contributed by atoms with E-state index < -0.39 is 0 Å². The zero-order valence-corrected chi connectivity index (χ0v) is 4.50. The van der Waals surface area contributed by atoms with Gasteiger partial charge in [-0.15, -0.1) is 0 Å². The van der Waals surface area contributed by atoms with Crippen LogP contribution in [0.2, 0.25) is 0 Å². The molecule has 0 radical (unpaired) electrons. The van der Waals surface area contributed by atoms with E-state index in [1.165, 1.54) is 0 Å². The van der Waals surface area contributed by atoms with E-state index in [1.54, 1.807) is 0 Å². The van der Waals surface area contributed by atoms with Crippen molar-refractivity contribution in [3.05, 3.63) is 0 Å². The lowest BCUT2D eigenvalue weighted by molar-refractivity contribution is -0.109. The van der Waals surface area contributed by atoms with Gasteiger partial charge in [0.2, 0.25) is 6.41 Å². The molecule has 0 aliphatic carbocycles. The monoisotopic (exact) mass is 118 g/mol. The highest BCUT2D eigenvalue weighted by Gasteiger charge is 1.95. The summed E-state index contributed by atoms with van der Waals surface area (Å²) in [6.07, 6.45) is 0.551. The normalized spacial score (nSPS) is 12.8. The second-order valence-corrected chi connectivity index (χ2v) is 1.47. The first-order chi connectivity index (χ1) is 3.81. The van der Waals surface area contributed by atoms with Gasteiger partial charge in [-0.2, -0.15) is 0 Å². The summed E-state index contributed by atoms with van der Waals surface area (Å²) in [6.45, 7) is 0.237. The highest BCUT2D eigenvalue weighted by molar-refractivity contribution is 5.45. The molecule has 1 unspecified atom stereocenters. The minimum atomic E-state index is -0.333. The number of rotatable bonds is 4. The Hall–Kier alpha value is -0.610. The quantitative estimate of drug-likeness (QED) is 0.376. The van der Waals surface area contributed by atoms with Gasteiger partial charge in [-0.3, -0.25) is 4.79 Å². The lowest BCUT2D eigenvalue weighted by Crippen LogP contribution is -2.35. The fraction of sp³-hybridized carbons (Fsp3) is 0.750. The summed E-state index contributed by atoms with van der Waals surface area (Å²) in [6, 6.07) is -0.333. The van der Waals surface area contributed by atoms with E-state index in [4.69, 9.17) is 10.8 Å². The van der Waals surface area contributed by atoms with Gasteiger partial charge in [-0.25, -0.2) is 0 Å². The van der Waals surface area contributed by atoms with Crippen molar-refractivity contribution in [3.8, 4) is 0 Å². The molecule has 0 fully saturated rings. The summed E-state index contributed by atoms with van der Waals surface area (Å²) >= 11 is 0. The van der Waals surface area contributed by atoms with Crippen LogP contribution >= 0.6 is 0 Å². The Morgan fingerprint density at radius 1 is 1.88 bits per heavy atom. The van der Waals surface area contributed by atoms with Crippen LogP contribution in [0.3, 0.4) is 0 Å². The van der Waals surface area contributed by atoms with E-state index in [1.807, 2.05) is 0 Å². The molecule has 0 rings (SSSR count). The average Bonchev–Trinajstić information content (AvgIpc) is 1.83. The van der Waals surface area contributed by atoms with Crippen LogP contribution in [0.25, 0.3) is 0 Å². The number of nitrogens with one attached hydrogen (secondary N) is 1. The molecule has 0 aromatic heterocycles. The summed E-state index contributed by atoms with van der Waals surface area (Å²) in [5.74, 6) is 0. The summed E-state index contributed by atoms with van der Waals surface area (Å²) < 4.78 is 0. The van der Waals surface area contributed by atoms with Crippen molar-refractivity contribution >= 4 is 6.41 Å². The molecule has 0 aliphatic heterocycles. The Morgan fingerprint density at radius 2 is 2.50 bits per heavy atom. The van der Waals surface area contributed by atoms with Crippen LogP contribution in [0.5, 0.6) is 0 Å². The molecule has 0 heterocycles. The van der Waals surface area contributed by atoms with Gasteiger partial charge in [0.25, 0.3) is 0 Å². The van der Waals surface area contributed by atoms with E-state index in [9.17, 15) is 4.79 Å². The van der Waals surface area contributed by atoms with Gasteiger partial charge >= 0.3 is 0 Å². The smallest absolute Gasteiger partial charge is 0.207 e. The number of aliphatic hydroxyl groups excluding tert-OH is 1. The van der Waals surface area contributed by atoms with Crippen LogP contribution in [0.1, 0.15) is 0 Å². The molecule has 0 spiro atoms. The number of amides is 1. The molecule has 0 bridgehead atoms. The molecule has 0 aromatic carbocycles. The molecule has 0 saturated carbocycles. The van der Waals surface area contributed by atoms with Crippen LogP contribution < -0.4 is 11.1 Å². The van der Waals surface area contributed by atoms with Crippen molar-refractivity contribution in [2.45, 2.75) is 6.04 Å². The Bertz CT molecular complexity index is 67.1. The van der Waals surface area contributed by atoms with Crippen molar-refractivity contribution < 1.29 is 9.90 Å². The first-order valence-electron chi connectivity index (χ1n) is 2.34. The summed E-state index contributed by atoms with van der Waals surface area (Å²) in [4.78, 5) is 9.58. The number of carbonyl (C=O) groups excluding carboxylic acids is 1. The maximum atomic E-state index is 9.58. The average molecular weight is 118 g/mol. The predicted molar refractivity (Wildman–Crippen MR) is 29.1 cm³/mol. The van der Waals surface area contributed by atoms with Gasteiger partial charge in [0.15, 0.2) is 0 Å². The van der Waals surface area contributed by atoms with Gasteiger partial charge in [0.1, 0.15) is 0 Å². The fourth-order valence-electron chi connectivity index (χ4n) is 0.264. The highest BCUT2D eigenvalue weighted by atomic mass is 16.3. The molecule has 8 heavy (non-hydrogen) atoms. The Morgan fingerprint density at radius 3 is 2.88 bits per heavy atom. The standard InChI is InChI=1S/C4H10N2O2/c5-4(2-7)1-6-3-8/h3-4,7H,1-2,5H2,(H,6,8). The Kier molecular flexibility index (Phi) is 4.20. The second kappa shape index (κ2) is 4.55. The fourth-order valence-corrected chi connectivity index (χ4v) is 0.264. The molecule has 1 amide bonds. The number of nitrogens with two attached hydrogens (primary N) is 1. The predicted octanol–water partition coefficient (Wildman–Crippen LogP) is -1.95. The molecular weight excluding hydrogens is 108 g/mol.